The Morgan fingerprint density at radius 3 is 2.61 bits per heavy atom. The Bertz CT molecular complexity index is 294. The smallest absolute Gasteiger partial charge is 0.341 e. The number of halogens is 3. The van der Waals surface area contributed by atoms with E-state index < -0.39 is 18.1 Å². The van der Waals surface area contributed by atoms with Gasteiger partial charge in [-0.25, -0.2) is 0 Å². The first-order valence-corrected chi connectivity index (χ1v) is 6.38. The zero-order valence-electron chi connectivity index (χ0n) is 10.8. The highest BCUT2D eigenvalue weighted by Gasteiger charge is 2.43. The van der Waals surface area contributed by atoms with Crippen LogP contribution in [0.15, 0.2) is 0 Å². The van der Waals surface area contributed by atoms with Crippen LogP contribution in [0.1, 0.15) is 33.1 Å². The van der Waals surface area contributed by atoms with Gasteiger partial charge in [-0.15, -0.1) is 0 Å². The van der Waals surface area contributed by atoms with E-state index in [0.29, 0.717) is 13.0 Å². The predicted molar refractivity (Wildman–Crippen MR) is 62.8 cm³/mol. The Hall–Kier alpha value is -0.780. The second kappa shape index (κ2) is 5.91. The van der Waals surface area contributed by atoms with Crippen LogP contribution in [-0.2, 0) is 4.79 Å². The summed E-state index contributed by atoms with van der Waals surface area (Å²) in [7, 11) is 0. The van der Waals surface area contributed by atoms with Gasteiger partial charge in [-0.05, 0) is 18.8 Å². The van der Waals surface area contributed by atoms with E-state index >= 15 is 0 Å². The van der Waals surface area contributed by atoms with Crippen LogP contribution in [0.4, 0.5) is 13.2 Å². The molecule has 0 aromatic heterocycles. The Balaban J connectivity index is 2.64. The van der Waals surface area contributed by atoms with Gasteiger partial charge in [-0.3, -0.25) is 4.79 Å². The quantitative estimate of drug-likeness (QED) is 0.851. The number of alkyl halides is 3. The second-order valence-corrected chi connectivity index (χ2v) is 5.08. The minimum absolute atomic E-state index is 0.0104. The van der Waals surface area contributed by atoms with E-state index in [9.17, 15) is 18.0 Å². The van der Waals surface area contributed by atoms with Gasteiger partial charge in [0.15, 0.2) is 0 Å². The Morgan fingerprint density at radius 2 is 2.11 bits per heavy atom. The summed E-state index contributed by atoms with van der Waals surface area (Å²) in [6.45, 7) is 3.89. The molecule has 1 heterocycles. The number of likely N-dealkylation sites (tertiary alicyclic amines) is 1. The number of piperidine rings is 1. The van der Waals surface area contributed by atoms with Crippen molar-refractivity contribution < 1.29 is 18.0 Å². The van der Waals surface area contributed by atoms with Gasteiger partial charge in [0.1, 0.15) is 0 Å². The fourth-order valence-corrected chi connectivity index (χ4v) is 2.15. The normalized spacial score (nSPS) is 24.8. The maximum absolute atomic E-state index is 12.6. The van der Waals surface area contributed by atoms with E-state index in [1.807, 2.05) is 13.8 Å². The highest BCUT2D eigenvalue weighted by Crippen LogP contribution is 2.33. The molecule has 1 rings (SSSR count). The molecule has 0 spiro atoms. The first kappa shape index (κ1) is 15.3. The van der Waals surface area contributed by atoms with Crippen LogP contribution in [0.2, 0.25) is 0 Å². The van der Waals surface area contributed by atoms with Crippen molar-refractivity contribution in [1.29, 1.82) is 0 Å². The summed E-state index contributed by atoms with van der Waals surface area (Å²) in [6.07, 6.45) is -2.99. The molecule has 1 fully saturated rings. The summed E-state index contributed by atoms with van der Waals surface area (Å²) < 4.78 is 37.9. The summed E-state index contributed by atoms with van der Waals surface area (Å²) in [5.74, 6) is -1.76. The number of hydrogen-bond acceptors (Lipinski definition) is 2. The van der Waals surface area contributed by atoms with Crippen molar-refractivity contribution in [3.63, 3.8) is 0 Å². The number of nitrogens with two attached hydrogens (primary N) is 1. The highest BCUT2D eigenvalue weighted by molar-refractivity contribution is 5.82. The van der Waals surface area contributed by atoms with Gasteiger partial charge >= 0.3 is 6.18 Å². The topological polar surface area (TPSA) is 46.3 Å². The van der Waals surface area contributed by atoms with Gasteiger partial charge in [0.25, 0.3) is 0 Å². The van der Waals surface area contributed by atoms with Gasteiger partial charge in [0.2, 0.25) is 5.91 Å². The van der Waals surface area contributed by atoms with Crippen LogP contribution in [0.3, 0.4) is 0 Å². The largest absolute Gasteiger partial charge is 0.393 e. The third kappa shape index (κ3) is 3.60. The maximum atomic E-state index is 12.6. The summed E-state index contributed by atoms with van der Waals surface area (Å²) in [4.78, 5) is 13.3. The van der Waals surface area contributed by atoms with Gasteiger partial charge in [0.05, 0.1) is 12.0 Å². The number of rotatable bonds is 3. The van der Waals surface area contributed by atoms with Crippen LogP contribution < -0.4 is 5.73 Å². The molecule has 0 aromatic rings. The van der Waals surface area contributed by atoms with Gasteiger partial charge in [0, 0.05) is 13.1 Å². The summed E-state index contributed by atoms with van der Waals surface area (Å²) in [5.41, 5.74) is 5.78. The second-order valence-electron chi connectivity index (χ2n) is 5.08. The zero-order valence-corrected chi connectivity index (χ0v) is 10.8. The molecule has 0 bridgehead atoms. The summed E-state index contributed by atoms with van der Waals surface area (Å²) in [6, 6.07) is -0.693. The highest BCUT2D eigenvalue weighted by atomic mass is 19.4. The molecule has 0 aromatic carbocycles. The minimum Gasteiger partial charge on any atom is -0.341 e. The van der Waals surface area contributed by atoms with Crippen molar-refractivity contribution >= 4 is 5.91 Å². The molecule has 1 amide bonds. The molecule has 106 valence electrons. The molecule has 18 heavy (non-hydrogen) atoms. The van der Waals surface area contributed by atoms with Crippen molar-refractivity contribution in [1.82, 2.24) is 4.90 Å². The Morgan fingerprint density at radius 1 is 1.50 bits per heavy atom. The van der Waals surface area contributed by atoms with Gasteiger partial charge in [-0.1, -0.05) is 20.3 Å². The first-order valence-electron chi connectivity index (χ1n) is 6.38. The maximum Gasteiger partial charge on any atom is 0.393 e. The number of carbonyl (C=O) groups excluding carboxylic acids is 1. The van der Waals surface area contributed by atoms with Gasteiger partial charge in [-0.2, -0.15) is 13.2 Å². The van der Waals surface area contributed by atoms with Gasteiger partial charge < -0.3 is 10.6 Å². The summed E-state index contributed by atoms with van der Waals surface area (Å²) in [5, 5.41) is 0. The van der Waals surface area contributed by atoms with Crippen LogP contribution >= 0.6 is 0 Å². The van der Waals surface area contributed by atoms with Crippen LogP contribution in [0.25, 0.3) is 0 Å². The third-order valence-corrected chi connectivity index (χ3v) is 3.74. The average Bonchev–Trinajstić information content (AvgIpc) is 2.35. The fraction of sp³-hybridized carbons (Fsp3) is 0.917. The van der Waals surface area contributed by atoms with E-state index in [0.717, 1.165) is 6.42 Å². The van der Waals surface area contributed by atoms with E-state index in [-0.39, 0.29) is 24.8 Å². The summed E-state index contributed by atoms with van der Waals surface area (Å²) >= 11 is 0. The van der Waals surface area contributed by atoms with E-state index in [1.165, 1.54) is 4.90 Å². The van der Waals surface area contributed by atoms with Crippen LogP contribution in [-0.4, -0.2) is 36.1 Å². The molecule has 1 aliphatic rings. The number of carbonyl (C=O) groups is 1. The van der Waals surface area contributed by atoms with E-state index in [2.05, 4.69) is 0 Å². The standard InChI is InChI=1S/C12H21F3N2O/c1-3-8(2)10(16)11(18)17-6-4-5-9(7-17)12(13,14)15/h8-10H,3-7,16H2,1-2H3/t8?,9?,10-/m0/s1. The average molecular weight is 266 g/mol. The van der Waals surface area contributed by atoms with E-state index in [4.69, 9.17) is 5.73 Å². The number of nitrogens with zero attached hydrogens (tertiary/aromatic N) is 1. The van der Waals surface area contributed by atoms with Crippen molar-refractivity contribution in [2.24, 2.45) is 17.6 Å². The lowest BCUT2D eigenvalue weighted by Crippen LogP contribution is -2.52. The van der Waals surface area contributed by atoms with Crippen molar-refractivity contribution in [2.45, 2.75) is 45.3 Å². The molecule has 0 aliphatic carbocycles. The molecule has 6 heteroatoms. The lowest BCUT2D eigenvalue weighted by atomic mass is 9.94. The zero-order chi connectivity index (χ0) is 13.9. The molecule has 0 radical (unpaired) electrons. The molecule has 0 saturated carbocycles. The molecular formula is C12H21F3N2O. The third-order valence-electron chi connectivity index (χ3n) is 3.74. The molecule has 3 atom stereocenters. The van der Waals surface area contributed by atoms with Crippen molar-refractivity contribution in [2.75, 3.05) is 13.1 Å². The molecule has 2 N–H and O–H groups in total. The monoisotopic (exact) mass is 266 g/mol. The minimum atomic E-state index is -4.22. The Kier molecular flexibility index (Phi) is 5.01. The fourth-order valence-electron chi connectivity index (χ4n) is 2.15. The SMILES string of the molecule is CCC(C)[C@H](N)C(=O)N1CCCC(C(F)(F)F)C1. The predicted octanol–water partition coefficient (Wildman–Crippen LogP) is 2.16. The number of amides is 1. The first-order chi connectivity index (χ1) is 8.27. The number of hydrogen-bond donors (Lipinski definition) is 1. The van der Waals surface area contributed by atoms with Crippen molar-refractivity contribution in [3.8, 4) is 0 Å². The Labute approximate surface area is 106 Å². The molecule has 1 aliphatic heterocycles. The van der Waals surface area contributed by atoms with Crippen LogP contribution in [0, 0.1) is 11.8 Å². The molecule has 1 saturated heterocycles. The van der Waals surface area contributed by atoms with Crippen molar-refractivity contribution in [3.05, 3.63) is 0 Å². The molecule has 3 nitrogen and oxygen atoms in total. The van der Waals surface area contributed by atoms with Crippen LogP contribution in [0.5, 0.6) is 0 Å². The lowest BCUT2D eigenvalue weighted by molar-refractivity contribution is -0.188. The lowest BCUT2D eigenvalue weighted by Gasteiger charge is -2.36. The van der Waals surface area contributed by atoms with E-state index in [1.54, 1.807) is 0 Å². The molecule has 2 unspecified atom stereocenters. The molecular weight excluding hydrogens is 245 g/mol.